The Balaban J connectivity index is 2.21. The molecule has 0 saturated heterocycles. The maximum Gasteiger partial charge on any atom is 0.359 e. The third-order valence-corrected chi connectivity index (χ3v) is 5.59. The minimum absolute atomic E-state index is 0.327. The second-order valence-electron chi connectivity index (χ2n) is 6.58. The van der Waals surface area contributed by atoms with Crippen molar-refractivity contribution in [3.63, 3.8) is 0 Å². The zero-order chi connectivity index (χ0) is 17.0. The second kappa shape index (κ2) is 7.59. The predicted molar refractivity (Wildman–Crippen MR) is 97.5 cm³/mol. The van der Waals surface area contributed by atoms with Crippen LogP contribution in [0.4, 0.5) is 0 Å². The van der Waals surface area contributed by atoms with E-state index in [4.69, 9.17) is 9.47 Å². The first-order valence-corrected chi connectivity index (χ1v) is 12.2. The molecule has 0 bridgehead atoms. The Morgan fingerprint density at radius 3 is 2.74 bits per heavy atom. The molecule has 0 spiro atoms. The highest BCUT2D eigenvalue weighted by molar-refractivity contribution is 9.10. The molecule has 0 atom stereocenters. The highest BCUT2D eigenvalue weighted by atomic mass is 79.9. The molecule has 0 aliphatic heterocycles. The van der Waals surface area contributed by atoms with Crippen molar-refractivity contribution < 1.29 is 14.3 Å². The van der Waals surface area contributed by atoms with Gasteiger partial charge in [-0.2, -0.15) is 5.10 Å². The van der Waals surface area contributed by atoms with Crippen LogP contribution in [0.2, 0.25) is 25.7 Å². The lowest BCUT2D eigenvalue weighted by Crippen LogP contribution is -2.22. The first-order valence-electron chi connectivity index (χ1n) is 7.73. The highest BCUT2D eigenvalue weighted by Crippen LogP contribution is 2.24. The number of ether oxygens (including phenoxy) is 2. The number of hydrogen-bond acceptors (Lipinski definition) is 4. The molecule has 0 saturated carbocycles. The maximum absolute atomic E-state index is 12.1. The van der Waals surface area contributed by atoms with E-state index in [-0.39, 0.29) is 0 Å². The molecule has 2 rings (SSSR count). The van der Waals surface area contributed by atoms with E-state index in [1.165, 1.54) is 0 Å². The van der Waals surface area contributed by atoms with Crippen molar-refractivity contribution >= 4 is 40.9 Å². The maximum atomic E-state index is 12.1. The smallest absolute Gasteiger partial charge is 0.359 e. The van der Waals surface area contributed by atoms with Crippen molar-refractivity contribution in [2.24, 2.45) is 0 Å². The normalized spacial score (nSPS) is 11.9. The zero-order valence-electron chi connectivity index (χ0n) is 14.1. The number of hydrogen-bond donors (Lipinski definition) is 0. The molecule has 1 aromatic carbocycles. The van der Waals surface area contributed by atoms with E-state index in [0.717, 1.165) is 21.4 Å². The van der Waals surface area contributed by atoms with Crippen molar-refractivity contribution in [1.82, 2.24) is 9.78 Å². The first-order chi connectivity index (χ1) is 10.8. The van der Waals surface area contributed by atoms with Crippen LogP contribution < -0.4 is 0 Å². The molecule has 0 amide bonds. The minimum Gasteiger partial charge on any atom is -0.461 e. The highest BCUT2D eigenvalue weighted by Gasteiger charge is 2.19. The molecule has 0 unspecified atom stereocenters. The number of carbonyl (C=O) groups is 1. The monoisotopic (exact) mass is 398 g/mol. The lowest BCUT2D eigenvalue weighted by Gasteiger charge is -2.15. The van der Waals surface area contributed by atoms with Crippen LogP contribution in [0.3, 0.4) is 0 Å². The van der Waals surface area contributed by atoms with Gasteiger partial charge in [0.05, 0.1) is 12.1 Å². The molecule has 1 aromatic heterocycles. The summed E-state index contributed by atoms with van der Waals surface area (Å²) in [6, 6.07) is 6.84. The van der Waals surface area contributed by atoms with Crippen LogP contribution in [-0.4, -0.2) is 37.0 Å². The van der Waals surface area contributed by atoms with Gasteiger partial charge < -0.3 is 9.47 Å². The number of fused-ring (bicyclic) bond motifs is 1. The Labute approximate surface area is 146 Å². The fraction of sp³-hybridized carbons (Fsp3) is 0.500. The molecule has 5 nitrogen and oxygen atoms in total. The number of nitrogens with zero attached hydrogens (tertiary/aromatic N) is 2. The zero-order valence-corrected chi connectivity index (χ0v) is 16.6. The van der Waals surface area contributed by atoms with Crippen LogP contribution in [-0.2, 0) is 16.2 Å². The molecule has 7 heteroatoms. The number of benzene rings is 1. The van der Waals surface area contributed by atoms with Crippen molar-refractivity contribution in [3.8, 4) is 0 Å². The Kier molecular flexibility index (Phi) is 5.99. The SMILES string of the molecule is CCOC(=O)c1nn(COCC[Si](C)(C)C)c2ccc(Br)cc12. The summed E-state index contributed by atoms with van der Waals surface area (Å²) < 4.78 is 13.5. The Bertz CT molecular complexity index is 694. The van der Waals surface area contributed by atoms with Crippen molar-refractivity contribution in [1.29, 1.82) is 0 Å². The predicted octanol–water partition coefficient (Wildman–Crippen LogP) is 4.29. The topological polar surface area (TPSA) is 53.3 Å². The minimum atomic E-state index is -1.11. The van der Waals surface area contributed by atoms with Crippen molar-refractivity contribution in [2.45, 2.75) is 39.3 Å². The van der Waals surface area contributed by atoms with Crippen LogP contribution in [0.25, 0.3) is 10.9 Å². The third kappa shape index (κ3) is 4.89. The molecular formula is C16H23BrN2O3Si. The molecule has 1 heterocycles. The second-order valence-corrected chi connectivity index (χ2v) is 13.1. The Morgan fingerprint density at radius 1 is 1.35 bits per heavy atom. The van der Waals surface area contributed by atoms with E-state index in [1.807, 2.05) is 18.2 Å². The molecule has 0 fully saturated rings. The molecule has 23 heavy (non-hydrogen) atoms. The lowest BCUT2D eigenvalue weighted by atomic mass is 10.2. The van der Waals surface area contributed by atoms with E-state index < -0.39 is 14.0 Å². The summed E-state index contributed by atoms with van der Waals surface area (Å²) >= 11 is 3.43. The molecule has 0 aliphatic carbocycles. The average Bonchev–Trinajstić information content (AvgIpc) is 2.81. The number of aromatic nitrogens is 2. The number of halogens is 1. The first kappa shape index (κ1) is 18.2. The van der Waals surface area contributed by atoms with Crippen LogP contribution in [0, 0.1) is 0 Å². The quantitative estimate of drug-likeness (QED) is 0.396. The standard InChI is InChI=1S/C16H23BrN2O3Si/c1-5-22-16(20)15-13-10-12(17)6-7-14(13)19(18-15)11-21-8-9-23(2,3)4/h6-7,10H,5,8-9,11H2,1-4H3. The van der Waals surface area contributed by atoms with Gasteiger partial charge in [0, 0.05) is 24.5 Å². The summed E-state index contributed by atoms with van der Waals surface area (Å²) in [7, 11) is -1.11. The average molecular weight is 399 g/mol. The van der Waals surface area contributed by atoms with E-state index >= 15 is 0 Å². The largest absolute Gasteiger partial charge is 0.461 e. The van der Waals surface area contributed by atoms with Gasteiger partial charge in [0.25, 0.3) is 0 Å². The van der Waals surface area contributed by atoms with Crippen molar-refractivity contribution in [3.05, 3.63) is 28.4 Å². The van der Waals surface area contributed by atoms with Gasteiger partial charge in [0.15, 0.2) is 5.69 Å². The molecule has 0 N–H and O–H groups in total. The van der Waals surface area contributed by atoms with E-state index in [2.05, 4.69) is 40.7 Å². The van der Waals surface area contributed by atoms with E-state index in [0.29, 0.717) is 25.6 Å². The summed E-state index contributed by atoms with van der Waals surface area (Å²) in [5.74, 6) is -0.406. The van der Waals surface area contributed by atoms with Gasteiger partial charge in [-0.05, 0) is 31.2 Å². The van der Waals surface area contributed by atoms with Crippen LogP contribution in [0.1, 0.15) is 17.4 Å². The third-order valence-electron chi connectivity index (χ3n) is 3.39. The molecule has 0 radical (unpaired) electrons. The number of rotatable bonds is 7. The van der Waals surface area contributed by atoms with Gasteiger partial charge in [0.1, 0.15) is 6.73 Å². The summed E-state index contributed by atoms with van der Waals surface area (Å²) in [5.41, 5.74) is 1.20. The summed E-state index contributed by atoms with van der Waals surface area (Å²) in [5, 5.41) is 5.16. The van der Waals surface area contributed by atoms with Gasteiger partial charge in [-0.3, -0.25) is 0 Å². The van der Waals surface area contributed by atoms with E-state index in [1.54, 1.807) is 11.6 Å². The number of esters is 1. The summed E-state index contributed by atoms with van der Waals surface area (Å²) in [6.07, 6.45) is 0. The van der Waals surface area contributed by atoms with Crippen LogP contribution >= 0.6 is 15.9 Å². The van der Waals surface area contributed by atoms with Crippen LogP contribution in [0.5, 0.6) is 0 Å². The van der Waals surface area contributed by atoms with E-state index in [9.17, 15) is 4.79 Å². The fourth-order valence-electron chi connectivity index (χ4n) is 2.13. The van der Waals surface area contributed by atoms with Gasteiger partial charge in [0.2, 0.25) is 0 Å². The fourth-order valence-corrected chi connectivity index (χ4v) is 3.25. The number of carbonyl (C=O) groups excluding carboxylic acids is 1. The summed E-state index contributed by atoms with van der Waals surface area (Å²) in [6.45, 7) is 10.1. The van der Waals surface area contributed by atoms with Crippen molar-refractivity contribution in [2.75, 3.05) is 13.2 Å². The van der Waals surface area contributed by atoms with Gasteiger partial charge in [-0.15, -0.1) is 0 Å². The molecule has 126 valence electrons. The Morgan fingerprint density at radius 2 is 2.09 bits per heavy atom. The Hall–Kier alpha value is -1.18. The molecule has 2 aromatic rings. The van der Waals surface area contributed by atoms with Gasteiger partial charge >= 0.3 is 5.97 Å². The summed E-state index contributed by atoms with van der Waals surface area (Å²) in [4.78, 5) is 12.1. The van der Waals surface area contributed by atoms with Gasteiger partial charge in [-0.1, -0.05) is 35.6 Å². The molecular weight excluding hydrogens is 376 g/mol. The molecule has 0 aliphatic rings. The lowest BCUT2D eigenvalue weighted by molar-refractivity contribution is 0.0513. The van der Waals surface area contributed by atoms with Gasteiger partial charge in [-0.25, -0.2) is 9.48 Å². The van der Waals surface area contributed by atoms with Crippen LogP contribution in [0.15, 0.2) is 22.7 Å².